The third-order valence-corrected chi connectivity index (χ3v) is 6.57. The average Bonchev–Trinajstić information content (AvgIpc) is 3.05. The van der Waals surface area contributed by atoms with E-state index in [-0.39, 0.29) is 28.6 Å². The van der Waals surface area contributed by atoms with E-state index in [0.29, 0.717) is 11.6 Å². The summed E-state index contributed by atoms with van der Waals surface area (Å²) in [5, 5.41) is 2.99. The highest BCUT2D eigenvalue weighted by Gasteiger charge is 2.38. The molecule has 7 heteroatoms. The Bertz CT molecular complexity index is 1130. The minimum atomic E-state index is -0.972. The van der Waals surface area contributed by atoms with Crippen molar-refractivity contribution in [3.8, 4) is 0 Å². The number of amides is 3. The number of rotatable bonds is 5. The summed E-state index contributed by atoms with van der Waals surface area (Å²) in [4.78, 5) is 52.2. The zero-order valence-electron chi connectivity index (χ0n) is 19.1. The van der Waals surface area contributed by atoms with E-state index < -0.39 is 23.9 Å². The van der Waals surface area contributed by atoms with Crippen LogP contribution in [0.3, 0.4) is 0 Å². The molecule has 1 aliphatic heterocycles. The van der Waals surface area contributed by atoms with Crippen LogP contribution in [-0.4, -0.2) is 35.8 Å². The summed E-state index contributed by atoms with van der Waals surface area (Å²) in [5.74, 6) is -1.58. The predicted molar refractivity (Wildman–Crippen MR) is 123 cm³/mol. The van der Waals surface area contributed by atoms with Gasteiger partial charge in [0.2, 0.25) is 0 Å². The number of para-hydroxylation sites is 1. The van der Waals surface area contributed by atoms with Gasteiger partial charge in [0.05, 0.1) is 22.4 Å². The zero-order chi connectivity index (χ0) is 23.7. The van der Waals surface area contributed by atoms with Crippen molar-refractivity contribution >= 4 is 29.4 Å². The van der Waals surface area contributed by atoms with E-state index in [1.54, 1.807) is 12.1 Å². The summed E-state index contributed by atoms with van der Waals surface area (Å²) in [6, 6.07) is 11.5. The van der Waals surface area contributed by atoms with Gasteiger partial charge in [-0.25, -0.2) is 9.69 Å². The van der Waals surface area contributed by atoms with Gasteiger partial charge in [0.1, 0.15) is 0 Å². The molecule has 2 aromatic carbocycles. The predicted octanol–water partition coefficient (Wildman–Crippen LogP) is 4.04. The number of aryl methyl sites for hydroxylation is 1. The Morgan fingerprint density at radius 2 is 1.73 bits per heavy atom. The lowest BCUT2D eigenvalue weighted by molar-refractivity contribution is -0.130. The molecular weight excluding hydrogens is 420 g/mol. The zero-order valence-corrected chi connectivity index (χ0v) is 19.1. The number of anilines is 1. The van der Waals surface area contributed by atoms with Crippen LogP contribution in [0.5, 0.6) is 0 Å². The van der Waals surface area contributed by atoms with Crippen molar-refractivity contribution in [3.63, 3.8) is 0 Å². The molecule has 33 heavy (non-hydrogen) atoms. The molecule has 0 saturated heterocycles. The van der Waals surface area contributed by atoms with Gasteiger partial charge in [-0.2, -0.15) is 0 Å². The Hall–Kier alpha value is -3.48. The fourth-order valence-electron chi connectivity index (χ4n) is 4.51. The topological polar surface area (TPSA) is 92.8 Å². The summed E-state index contributed by atoms with van der Waals surface area (Å²) in [6.45, 7) is 5.47. The van der Waals surface area contributed by atoms with Crippen molar-refractivity contribution in [1.29, 1.82) is 0 Å². The summed E-state index contributed by atoms with van der Waals surface area (Å²) in [5.41, 5.74) is 1.80. The second kappa shape index (κ2) is 9.17. The summed E-state index contributed by atoms with van der Waals surface area (Å²) in [6.07, 6.45) is 3.26. The highest BCUT2D eigenvalue weighted by molar-refractivity contribution is 6.34. The largest absolute Gasteiger partial charge is 0.449 e. The number of ether oxygens (including phenoxy) is 1. The van der Waals surface area contributed by atoms with Gasteiger partial charge >= 0.3 is 5.97 Å². The molecule has 2 aromatic rings. The first-order chi connectivity index (χ1) is 15.8. The molecule has 1 saturated carbocycles. The van der Waals surface area contributed by atoms with Crippen molar-refractivity contribution in [2.75, 3.05) is 4.90 Å². The van der Waals surface area contributed by atoms with Crippen LogP contribution in [0, 0.1) is 12.8 Å². The van der Waals surface area contributed by atoms with Gasteiger partial charge in [-0.05, 0) is 62.4 Å². The van der Waals surface area contributed by atoms with Crippen LogP contribution in [0.25, 0.3) is 0 Å². The molecule has 172 valence electrons. The molecule has 1 fully saturated rings. The first kappa shape index (κ1) is 22.7. The number of fused-ring (bicyclic) bond motifs is 1. The molecule has 0 spiro atoms. The molecule has 0 unspecified atom stereocenters. The summed E-state index contributed by atoms with van der Waals surface area (Å²) in [7, 11) is 0. The molecule has 1 heterocycles. The minimum absolute atomic E-state index is 0.0865. The van der Waals surface area contributed by atoms with Crippen LogP contribution in [0.2, 0.25) is 0 Å². The van der Waals surface area contributed by atoms with E-state index in [4.69, 9.17) is 4.74 Å². The number of carbonyl (C=O) groups is 4. The highest BCUT2D eigenvalue weighted by atomic mass is 16.5. The summed E-state index contributed by atoms with van der Waals surface area (Å²) >= 11 is 0. The van der Waals surface area contributed by atoms with E-state index in [1.807, 2.05) is 19.1 Å². The van der Waals surface area contributed by atoms with Crippen LogP contribution in [0.15, 0.2) is 42.5 Å². The molecule has 1 N–H and O–H groups in total. The van der Waals surface area contributed by atoms with Gasteiger partial charge in [-0.3, -0.25) is 14.4 Å². The van der Waals surface area contributed by atoms with Crippen LogP contribution in [-0.2, 0) is 9.53 Å². The molecule has 3 amide bonds. The van der Waals surface area contributed by atoms with Crippen LogP contribution >= 0.6 is 0 Å². The third-order valence-electron chi connectivity index (χ3n) is 6.57. The van der Waals surface area contributed by atoms with E-state index in [1.165, 1.54) is 31.5 Å². The van der Waals surface area contributed by atoms with Crippen molar-refractivity contribution < 1.29 is 23.9 Å². The number of hydrogen-bond acceptors (Lipinski definition) is 5. The number of nitrogens with zero attached hydrogens (tertiary/aromatic N) is 1. The quantitative estimate of drug-likeness (QED) is 0.551. The number of nitrogens with one attached hydrogen (secondary N) is 1. The Labute approximate surface area is 193 Å². The molecule has 2 aliphatic rings. The first-order valence-electron chi connectivity index (χ1n) is 11.4. The van der Waals surface area contributed by atoms with Gasteiger partial charge < -0.3 is 10.1 Å². The lowest BCUT2D eigenvalue weighted by Crippen LogP contribution is -2.46. The monoisotopic (exact) mass is 448 g/mol. The van der Waals surface area contributed by atoms with Crippen molar-refractivity contribution in [1.82, 2.24) is 5.32 Å². The average molecular weight is 449 g/mol. The smallest absolute Gasteiger partial charge is 0.338 e. The van der Waals surface area contributed by atoms with Gasteiger partial charge in [-0.15, -0.1) is 0 Å². The van der Waals surface area contributed by atoms with Crippen LogP contribution in [0.1, 0.15) is 76.2 Å². The fraction of sp³-hybridized carbons (Fsp3) is 0.385. The maximum atomic E-state index is 13.0. The van der Waals surface area contributed by atoms with E-state index in [9.17, 15) is 19.2 Å². The lowest BCUT2D eigenvalue weighted by Gasteiger charge is -2.30. The third kappa shape index (κ3) is 4.40. The second-order valence-corrected chi connectivity index (χ2v) is 8.92. The molecule has 0 bridgehead atoms. The van der Waals surface area contributed by atoms with Crippen molar-refractivity contribution in [2.45, 2.75) is 58.6 Å². The lowest BCUT2D eigenvalue weighted by atomic mass is 9.86. The molecule has 7 nitrogen and oxygen atoms in total. The second-order valence-electron chi connectivity index (χ2n) is 8.92. The normalized spacial score (nSPS) is 20.9. The summed E-state index contributed by atoms with van der Waals surface area (Å²) < 4.78 is 5.37. The maximum absolute atomic E-state index is 13.0. The van der Waals surface area contributed by atoms with Crippen LogP contribution in [0.4, 0.5) is 5.69 Å². The molecule has 3 atom stereocenters. The standard InChI is InChI=1S/C26H28N2O5/c1-15-8-4-6-10-21(15)27-23(29)17(3)33-26(32)18-12-13-19-20(14-18)25(31)28(24(19)30)22-11-7-5-9-16(22)2/h5,7,9,11-15,17,21H,4,6,8,10H2,1-3H3,(H,27,29)/t15-,17+,21-/m0/s1. The molecule has 0 radical (unpaired) electrons. The molecular formula is C26H28N2O5. The molecule has 4 rings (SSSR count). The Morgan fingerprint density at radius 1 is 1.03 bits per heavy atom. The number of hydrogen-bond donors (Lipinski definition) is 1. The Balaban J connectivity index is 1.47. The van der Waals surface area contributed by atoms with Crippen molar-refractivity contribution in [3.05, 3.63) is 64.7 Å². The number of imide groups is 1. The van der Waals surface area contributed by atoms with Crippen LogP contribution < -0.4 is 10.2 Å². The van der Waals surface area contributed by atoms with E-state index >= 15 is 0 Å². The van der Waals surface area contributed by atoms with Gasteiger partial charge in [-0.1, -0.05) is 38.0 Å². The number of carbonyl (C=O) groups excluding carboxylic acids is 4. The van der Waals surface area contributed by atoms with Crippen molar-refractivity contribution in [2.24, 2.45) is 5.92 Å². The Kier molecular flexibility index (Phi) is 6.31. The number of esters is 1. The highest BCUT2D eigenvalue weighted by Crippen LogP contribution is 2.31. The maximum Gasteiger partial charge on any atom is 0.338 e. The fourth-order valence-corrected chi connectivity index (χ4v) is 4.51. The van der Waals surface area contributed by atoms with E-state index in [2.05, 4.69) is 12.2 Å². The number of benzene rings is 2. The van der Waals surface area contributed by atoms with Gasteiger partial charge in [0, 0.05) is 6.04 Å². The molecule has 0 aromatic heterocycles. The van der Waals surface area contributed by atoms with Gasteiger partial charge in [0.15, 0.2) is 6.10 Å². The Morgan fingerprint density at radius 3 is 2.45 bits per heavy atom. The first-order valence-corrected chi connectivity index (χ1v) is 11.4. The molecule has 1 aliphatic carbocycles. The SMILES string of the molecule is Cc1ccccc1N1C(=O)c2ccc(C(=O)O[C@H](C)C(=O)N[C@H]3CCCC[C@@H]3C)cc2C1=O. The minimum Gasteiger partial charge on any atom is -0.449 e. The van der Waals surface area contributed by atoms with Gasteiger partial charge in [0.25, 0.3) is 17.7 Å². The van der Waals surface area contributed by atoms with E-state index in [0.717, 1.165) is 29.7 Å².